The van der Waals surface area contributed by atoms with Crippen molar-refractivity contribution in [2.45, 2.75) is 63.6 Å². The van der Waals surface area contributed by atoms with Crippen LogP contribution in [0.1, 0.15) is 57.0 Å². The highest BCUT2D eigenvalue weighted by atomic mass is 32.2. The van der Waals surface area contributed by atoms with E-state index in [1.807, 2.05) is 6.92 Å². The van der Waals surface area contributed by atoms with Crippen LogP contribution in [0.4, 0.5) is 0 Å². The molecule has 9 heteroatoms. The van der Waals surface area contributed by atoms with Gasteiger partial charge in [0.1, 0.15) is 6.04 Å². The number of carbonyl (C=O) groups excluding carboxylic acids is 1. The minimum atomic E-state index is -4.06. The Hall–Kier alpha value is -1.87. The monoisotopic (exact) mass is 386 g/mol. The van der Waals surface area contributed by atoms with Crippen LogP contribution in [0.25, 0.3) is 0 Å². The molecule has 26 heavy (non-hydrogen) atoms. The molecule has 1 aromatic heterocycles. The quantitative estimate of drug-likeness (QED) is 0.706. The number of amides is 1. The van der Waals surface area contributed by atoms with Gasteiger partial charge in [0.15, 0.2) is 0 Å². The SMILES string of the molecule is CC(C)CCC(C)NC(=O)C1CCCN1S(=O)(=O)c1ccc(C(=O)O)o1. The van der Waals surface area contributed by atoms with E-state index in [9.17, 15) is 18.0 Å². The topological polar surface area (TPSA) is 117 Å². The molecule has 1 fully saturated rings. The predicted octanol–water partition coefficient (Wildman–Crippen LogP) is 2.07. The second kappa shape index (κ2) is 8.22. The van der Waals surface area contributed by atoms with Gasteiger partial charge in [-0.3, -0.25) is 4.79 Å². The maximum absolute atomic E-state index is 12.7. The predicted molar refractivity (Wildman–Crippen MR) is 94.3 cm³/mol. The Morgan fingerprint density at radius 2 is 2.00 bits per heavy atom. The smallest absolute Gasteiger partial charge is 0.371 e. The van der Waals surface area contributed by atoms with Gasteiger partial charge in [0.25, 0.3) is 10.0 Å². The van der Waals surface area contributed by atoms with Gasteiger partial charge in [0, 0.05) is 12.6 Å². The molecule has 1 aliphatic rings. The lowest BCUT2D eigenvalue weighted by Gasteiger charge is -2.24. The van der Waals surface area contributed by atoms with Gasteiger partial charge in [-0.15, -0.1) is 0 Å². The molecule has 0 aliphatic carbocycles. The molecule has 1 aromatic rings. The van der Waals surface area contributed by atoms with Crippen LogP contribution in [0.5, 0.6) is 0 Å². The first kappa shape index (κ1) is 20.4. The first-order valence-corrected chi connectivity index (χ1v) is 10.2. The molecular weight excluding hydrogens is 360 g/mol. The van der Waals surface area contributed by atoms with Crippen LogP contribution in [0, 0.1) is 5.92 Å². The van der Waals surface area contributed by atoms with Gasteiger partial charge in [-0.05, 0) is 50.7 Å². The summed E-state index contributed by atoms with van der Waals surface area (Å²) in [5.74, 6) is -1.60. The van der Waals surface area contributed by atoms with Gasteiger partial charge >= 0.3 is 5.97 Å². The van der Waals surface area contributed by atoms with Crippen LogP contribution in [0.15, 0.2) is 21.6 Å². The van der Waals surface area contributed by atoms with Crippen LogP contribution in [0.3, 0.4) is 0 Å². The Labute approximate surface area is 153 Å². The molecule has 0 aromatic carbocycles. The van der Waals surface area contributed by atoms with Crippen LogP contribution in [0.2, 0.25) is 0 Å². The summed E-state index contributed by atoms with van der Waals surface area (Å²) in [6, 6.07) is 1.35. The number of rotatable bonds is 8. The number of nitrogens with one attached hydrogen (secondary N) is 1. The van der Waals surface area contributed by atoms with Crippen LogP contribution in [-0.2, 0) is 14.8 Å². The maximum atomic E-state index is 12.7. The number of hydrogen-bond acceptors (Lipinski definition) is 5. The van der Waals surface area contributed by atoms with E-state index in [4.69, 9.17) is 9.52 Å². The van der Waals surface area contributed by atoms with Crippen molar-refractivity contribution in [2.75, 3.05) is 6.54 Å². The molecular formula is C17H26N2O6S. The number of nitrogens with zero attached hydrogens (tertiary/aromatic N) is 1. The lowest BCUT2D eigenvalue weighted by Crippen LogP contribution is -2.48. The summed E-state index contributed by atoms with van der Waals surface area (Å²) < 4.78 is 31.5. The number of carboxylic acid groups (broad SMARTS) is 1. The molecule has 146 valence electrons. The fourth-order valence-corrected chi connectivity index (χ4v) is 4.55. The van der Waals surface area contributed by atoms with Gasteiger partial charge in [0.05, 0.1) is 0 Å². The molecule has 1 amide bonds. The lowest BCUT2D eigenvalue weighted by molar-refractivity contribution is -0.124. The van der Waals surface area contributed by atoms with Gasteiger partial charge in [-0.25, -0.2) is 13.2 Å². The number of carbonyl (C=O) groups is 2. The zero-order valence-corrected chi connectivity index (χ0v) is 16.1. The summed E-state index contributed by atoms with van der Waals surface area (Å²) >= 11 is 0. The van der Waals surface area contributed by atoms with Crippen molar-refractivity contribution in [3.8, 4) is 0 Å². The van der Waals surface area contributed by atoms with Crippen LogP contribution >= 0.6 is 0 Å². The van der Waals surface area contributed by atoms with Crippen molar-refractivity contribution in [2.24, 2.45) is 5.92 Å². The Morgan fingerprint density at radius 1 is 1.31 bits per heavy atom. The summed E-state index contributed by atoms with van der Waals surface area (Å²) in [5, 5.41) is 11.3. The molecule has 2 unspecified atom stereocenters. The van der Waals surface area contributed by atoms with E-state index in [0.717, 1.165) is 29.3 Å². The van der Waals surface area contributed by atoms with Crippen molar-refractivity contribution in [1.29, 1.82) is 0 Å². The zero-order valence-electron chi connectivity index (χ0n) is 15.3. The second-order valence-corrected chi connectivity index (χ2v) is 8.90. The van der Waals surface area contributed by atoms with Gasteiger partial charge in [0.2, 0.25) is 16.8 Å². The molecule has 1 saturated heterocycles. The number of hydrogen-bond donors (Lipinski definition) is 2. The van der Waals surface area contributed by atoms with E-state index in [1.54, 1.807) is 0 Å². The van der Waals surface area contributed by atoms with Crippen molar-refractivity contribution >= 4 is 21.9 Å². The highest BCUT2D eigenvalue weighted by molar-refractivity contribution is 7.89. The first-order chi connectivity index (χ1) is 12.1. The molecule has 0 radical (unpaired) electrons. The Morgan fingerprint density at radius 3 is 2.58 bits per heavy atom. The number of sulfonamides is 1. The van der Waals surface area contributed by atoms with Crippen LogP contribution in [-0.4, -0.2) is 48.3 Å². The number of furan rings is 1. The summed E-state index contributed by atoms with van der Waals surface area (Å²) in [6.07, 6.45) is 2.78. The third-order valence-electron chi connectivity index (χ3n) is 4.43. The van der Waals surface area contributed by atoms with Crippen molar-refractivity contribution in [3.63, 3.8) is 0 Å². The van der Waals surface area contributed by atoms with E-state index in [-0.39, 0.29) is 18.5 Å². The van der Waals surface area contributed by atoms with Crippen molar-refractivity contribution < 1.29 is 27.5 Å². The summed E-state index contributed by atoms with van der Waals surface area (Å²) in [5.41, 5.74) is 0. The van der Waals surface area contributed by atoms with E-state index >= 15 is 0 Å². The largest absolute Gasteiger partial charge is 0.475 e. The van der Waals surface area contributed by atoms with E-state index in [0.29, 0.717) is 18.8 Å². The minimum absolute atomic E-state index is 0.0442. The average molecular weight is 386 g/mol. The van der Waals surface area contributed by atoms with Gasteiger partial charge in [-0.2, -0.15) is 4.31 Å². The molecule has 8 nitrogen and oxygen atoms in total. The van der Waals surface area contributed by atoms with Crippen molar-refractivity contribution in [3.05, 3.63) is 17.9 Å². The molecule has 2 atom stereocenters. The fourth-order valence-electron chi connectivity index (χ4n) is 2.97. The van der Waals surface area contributed by atoms with Gasteiger partial charge in [-0.1, -0.05) is 13.8 Å². The Bertz CT molecular complexity index is 755. The minimum Gasteiger partial charge on any atom is -0.475 e. The zero-order chi connectivity index (χ0) is 19.5. The Balaban J connectivity index is 2.10. The second-order valence-electron chi connectivity index (χ2n) is 7.08. The summed E-state index contributed by atoms with van der Waals surface area (Å²) in [6.45, 7) is 6.31. The fraction of sp³-hybridized carbons (Fsp3) is 0.647. The normalized spacial score (nSPS) is 19.6. The van der Waals surface area contributed by atoms with E-state index in [1.165, 1.54) is 0 Å². The summed E-state index contributed by atoms with van der Waals surface area (Å²) in [7, 11) is -4.06. The molecule has 0 saturated carbocycles. The summed E-state index contributed by atoms with van der Waals surface area (Å²) in [4.78, 5) is 23.5. The average Bonchev–Trinajstić information content (AvgIpc) is 3.22. The van der Waals surface area contributed by atoms with Gasteiger partial charge < -0.3 is 14.8 Å². The molecule has 2 heterocycles. The third kappa shape index (κ3) is 4.64. The molecule has 0 bridgehead atoms. The van der Waals surface area contributed by atoms with E-state index in [2.05, 4.69) is 19.2 Å². The molecule has 2 N–H and O–H groups in total. The van der Waals surface area contributed by atoms with Crippen LogP contribution < -0.4 is 5.32 Å². The van der Waals surface area contributed by atoms with Crippen molar-refractivity contribution in [1.82, 2.24) is 9.62 Å². The molecule has 2 rings (SSSR count). The maximum Gasteiger partial charge on any atom is 0.371 e. The molecule has 1 aliphatic heterocycles. The third-order valence-corrected chi connectivity index (χ3v) is 6.21. The highest BCUT2D eigenvalue weighted by Gasteiger charge is 2.41. The molecule has 0 spiro atoms. The number of aromatic carboxylic acids is 1. The standard InChI is InChI=1S/C17H26N2O6S/c1-11(2)6-7-12(3)18-16(20)13-5-4-10-19(13)26(23,24)15-9-8-14(25-15)17(21)22/h8-9,11-13H,4-7,10H2,1-3H3,(H,18,20)(H,21,22). The Kier molecular flexibility index (Phi) is 6.46. The lowest BCUT2D eigenvalue weighted by atomic mass is 10.0. The first-order valence-electron chi connectivity index (χ1n) is 8.78. The van der Waals surface area contributed by atoms with E-state index < -0.39 is 32.9 Å². The highest BCUT2D eigenvalue weighted by Crippen LogP contribution is 2.27. The number of carboxylic acids is 1.